The van der Waals surface area contributed by atoms with Gasteiger partial charge >= 0.3 is 0 Å². The van der Waals surface area contributed by atoms with Crippen molar-refractivity contribution >= 4 is 11.6 Å². The minimum atomic E-state index is -0.0113. The van der Waals surface area contributed by atoms with E-state index in [4.69, 9.17) is 16.0 Å². The molecular formula is C29H51N7O. The molecule has 1 saturated heterocycles. The van der Waals surface area contributed by atoms with Gasteiger partial charge in [0.25, 0.3) is 0 Å². The third-order valence-electron chi connectivity index (χ3n) is 6.75. The summed E-state index contributed by atoms with van der Waals surface area (Å²) in [5.74, 6) is 0.658. The summed E-state index contributed by atoms with van der Waals surface area (Å²) in [5.41, 5.74) is 7.96. The molecule has 0 radical (unpaired) electrons. The molecule has 8 nitrogen and oxygen atoms in total. The van der Waals surface area contributed by atoms with E-state index in [9.17, 15) is 4.79 Å². The van der Waals surface area contributed by atoms with Crippen LogP contribution in [0.25, 0.3) is 0 Å². The highest BCUT2D eigenvalue weighted by Gasteiger charge is 2.22. The number of amides is 1. The molecule has 1 aliphatic rings. The van der Waals surface area contributed by atoms with Crippen LogP contribution in [0.15, 0.2) is 41.9 Å². The quantitative estimate of drug-likeness (QED) is 0.108. The van der Waals surface area contributed by atoms with Gasteiger partial charge in [-0.3, -0.25) is 4.79 Å². The molecule has 208 valence electrons. The maximum atomic E-state index is 11.9. The largest absolute Gasteiger partial charge is 0.402 e. The van der Waals surface area contributed by atoms with Crippen LogP contribution in [0.2, 0.25) is 0 Å². The molecule has 0 aromatic carbocycles. The Balaban J connectivity index is 2.57. The van der Waals surface area contributed by atoms with Crippen LogP contribution in [0.5, 0.6) is 0 Å². The van der Waals surface area contributed by atoms with Gasteiger partial charge in [-0.15, -0.1) is 0 Å². The maximum Gasteiger partial charge on any atom is 0.245 e. The summed E-state index contributed by atoms with van der Waals surface area (Å²) in [6, 6.07) is 2.58. The first-order chi connectivity index (χ1) is 18.0. The van der Waals surface area contributed by atoms with E-state index in [0.717, 1.165) is 63.0 Å². The number of nitriles is 1. The van der Waals surface area contributed by atoms with Crippen molar-refractivity contribution in [3.8, 4) is 6.07 Å². The van der Waals surface area contributed by atoms with Crippen molar-refractivity contribution in [2.24, 2.45) is 10.7 Å². The number of unbranched alkanes of at least 4 members (excludes halogenated alkanes) is 7. The van der Waals surface area contributed by atoms with Crippen LogP contribution in [-0.4, -0.2) is 54.8 Å². The first-order valence-electron chi connectivity index (χ1n) is 14.2. The van der Waals surface area contributed by atoms with Crippen LogP contribution in [0.1, 0.15) is 90.9 Å². The Morgan fingerprint density at radius 3 is 2.38 bits per heavy atom. The van der Waals surface area contributed by atoms with Gasteiger partial charge in [-0.1, -0.05) is 59.1 Å². The highest BCUT2D eigenvalue weighted by molar-refractivity contribution is 5.92. The molecule has 0 spiro atoms. The van der Waals surface area contributed by atoms with E-state index in [1.54, 1.807) is 0 Å². The van der Waals surface area contributed by atoms with E-state index in [-0.39, 0.29) is 18.0 Å². The summed E-state index contributed by atoms with van der Waals surface area (Å²) >= 11 is 0. The number of likely N-dealkylation sites (tertiary alicyclic amines) is 1. The highest BCUT2D eigenvalue weighted by atomic mass is 16.2. The average Bonchev–Trinajstić information content (AvgIpc) is 2.91. The second kappa shape index (κ2) is 20.3. The number of hydrogen-bond donors (Lipinski definition) is 4. The minimum absolute atomic E-state index is 0.0113. The number of nitrogens with one attached hydrogen (secondary N) is 3. The van der Waals surface area contributed by atoms with Gasteiger partial charge in [0, 0.05) is 62.2 Å². The summed E-state index contributed by atoms with van der Waals surface area (Å²) in [6.45, 7) is 15.3. The standard InChI is InChI=1S/C29H51N7O/c1-5-26(32-7-3)27(22-24(4)33-19-15-13-11-9-8-10-12-14-18-30)35-28(23-31)34-25-16-20-36(21-17-25)29(37)6-2/h6,23,25-26,32-34H,2,4-5,7-17,19-22,31H2,1,3H3/b28-23-,35-27?/t26-/m1/s1. The molecular weight excluding hydrogens is 462 g/mol. The number of nitrogens with zero attached hydrogens (tertiary/aromatic N) is 3. The Morgan fingerprint density at radius 1 is 1.16 bits per heavy atom. The van der Waals surface area contributed by atoms with Crippen molar-refractivity contribution in [1.29, 1.82) is 5.26 Å². The molecule has 0 saturated carbocycles. The van der Waals surface area contributed by atoms with E-state index >= 15 is 0 Å². The number of nitrogens with two attached hydrogens (primary N) is 1. The molecule has 1 fully saturated rings. The van der Waals surface area contributed by atoms with Gasteiger partial charge in [0.1, 0.15) is 5.82 Å². The third-order valence-corrected chi connectivity index (χ3v) is 6.75. The van der Waals surface area contributed by atoms with Gasteiger partial charge < -0.3 is 26.6 Å². The second-order valence-corrected chi connectivity index (χ2v) is 9.71. The Kier molecular flexibility index (Phi) is 17.7. The lowest BCUT2D eigenvalue weighted by molar-refractivity contribution is -0.127. The van der Waals surface area contributed by atoms with E-state index < -0.39 is 0 Å². The van der Waals surface area contributed by atoms with Crippen molar-refractivity contribution in [2.75, 3.05) is 26.2 Å². The van der Waals surface area contributed by atoms with Crippen molar-refractivity contribution in [3.63, 3.8) is 0 Å². The molecule has 0 bridgehead atoms. The summed E-state index contributed by atoms with van der Waals surface area (Å²) in [4.78, 5) is 18.6. The van der Waals surface area contributed by atoms with Crippen LogP contribution in [0, 0.1) is 11.3 Å². The molecule has 5 N–H and O–H groups in total. The van der Waals surface area contributed by atoms with Crippen molar-refractivity contribution in [1.82, 2.24) is 20.9 Å². The number of carbonyl (C=O) groups is 1. The van der Waals surface area contributed by atoms with Gasteiger partial charge in [0.2, 0.25) is 5.91 Å². The summed E-state index contributed by atoms with van der Waals surface area (Å²) < 4.78 is 0. The van der Waals surface area contributed by atoms with Crippen LogP contribution in [-0.2, 0) is 4.79 Å². The van der Waals surface area contributed by atoms with Crippen molar-refractivity contribution < 1.29 is 4.79 Å². The topological polar surface area (TPSA) is 119 Å². The van der Waals surface area contributed by atoms with Crippen molar-refractivity contribution in [2.45, 2.75) is 103 Å². The fourth-order valence-electron chi connectivity index (χ4n) is 4.60. The predicted molar refractivity (Wildman–Crippen MR) is 155 cm³/mol. The molecule has 0 aromatic heterocycles. The highest BCUT2D eigenvalue weighted by Crippen LogP contribution is 2.14. The Hall–Kier alpha value is -2.79. The predicted octanol–water partition coefficient (Wildman–Crippen LogP) is 4.48. The van der Waals surface area contributed by atoms with Crippen LogP contribution in [0.4, 0.5) is 0 Å². The van der Waals surface area contributed by atoms with E-state index in [0.29, 0.717) is 31.8 Å². The third kappa shape index (κ3) is 13.9. The Morgan fingerprint density at radius 2 is 1.81 bits per heavy atom. The Bertz CT molecular complexity index is 776. The lowest BCUT2D eigenvalue weighted by Gasteiger charge is -2.32. The number of carbonyl (C=O) groups excluding carboxylic acids is 1. The number of piperidine rings is 1. The number of aliphatic imine (C=N–C) groups is 1. The van der Waals surface area contributed by atoms with Gasteiger partial charge in [-0.25, -0.2) is 4.99 Å². The molecule has 8 heteroatoms. The smallest absolute Gasteiger partial charge is 0.245 e. The summed E-state index contributed by atoms with van der Waals surface area (Å²) in [6.07, 6.45) is 15.1. The van der Waals surface area contributed by atoms with Gasteiger partial charge in [0.15, 0.2) is 0 Å². The molecule has 1 atom stereocenters. The molecule has 0 unspecified atom stereocenters. The number of rotatable bonds is 20. The average molecular weight is 514 g/mol. The zero-order chi connectivity index (χ0) is 27.3. The lowest BCUT2D eigenvalue weighted by atomic mass is 10.0. The zero-order valence-electron chi connectivity index (χ0n) is 23.4. The molecule has 1 aliphatic heterocycles. The van der Waals surface area contributed by atoms with Crippen LogP contribution in [0.3, 0.4) is 0 Å². The normalized spacial score (nSPS) is 15.6. The lowest BCUT2D eigenvalue weighted by Crippen LogP contribution is -2.44. The fourth-order valence-corrected chi connectivity index (χ4v) is 4.60. The van der Waals surface area contributed by atoms with E-state index in [2.05, 4.69) is 49.0 Å². The van der Waals surface area contributed by atoms with E-state index in [1.165, 1.54) is 38.0 Å². The first kappa shape index (κ1) is 32.2. The molecule has 1 rings (SSSR count). The van der Waals surface area contributed by atoms with Crippen molar-refractivity contribution in [3.05, 3.63) is 37.0 Å². The monoisotopic (exact) mass is 513 g/mol. The molecule has 0 aromatic rings. The Labute approximate surface area is 225 Å². The molecule has 0 aliphatic carbocycles. The van der Waals surface area contributed by atoms with Gasteiger partial charge in [-0.2, -0.15) is 5.26 Å². The molecule has 1 heterocycles. The zero-order valence-corrected chi connectivity index (χ0v) is 23.4. The summed E-state index contributed by atoms with van der Waals surface area (Å²) in [5, 5.41) is 19.1. The van der Waals surface area contributed by atoms with Gasteiger partial charge in [0.05, 0.1) is 6.07 Å². The second-order valence-electron chi connectivity index (χ2n) is 9.71. The summed E-state index contributed by atoms with van der Waals surface area (Å²) in [7, 11) is 0. The molecule has 37 heavy (non-hydrogen) atoms. The molecule has 1 amide bonds. The van der Waals surface area contributed by atoms with Crippen LogP contribution >= 0.6 is 0 Å². The SMILES string of the molecule is C=CC(=O)N1CCC(N/C(=C/N)N=C(CC(=C)NCCCCCCCCCC#N)[C@@H](CC)NCC)CC1. The first-order valence-corrected chi connectivity index (χ1v) is 14.2. The minimum Gasteiger partial charge on any atom is -0.402 e. The maximum absolute atomic E-state index is 11.9. The number of hydrogen-bond acceptors (Lipinski definition) is 7. The van der Waals surface area contributed by atoms with E-state index in [1.807, 2.05) is 4.90 Å². The van der Waals surface area contributed by atoms with Gasteiger partial charge in [-0.05, 0) is 44.7 Å². The van der Waals surface area contributed by atoms with Crippen LogP contribution < -0.4 is 21.7 Å². The number of allylic oxidation sites excluding steroid dienone is 1. The fraction of sp³-hybridized carbons (Fsp3) is 0.690.